The fourth-order valence-corrected chi connectivity index (χ4v) is 3.75. The highest BCUT2D eigenvalue weighted by Crippen LogP contribution is 2.25. The Kier molecular flexibility index (Phi) is 7.74. The summed E-state index contributed by atoms with van der Waals surface area (Å²) >= 11 is 0. The monoisotopic (exact) mass is 449 g/mol. The Balaban J connectivity index is 1.55. The number of anilines is 2. The molecular weight excluding hydrogens is 423 g/mol. The Hall–Kier alpha value is -3.07. The van der Waals surface area contributed by atoms with Crippen molar-refractivity contribution in [2.45, 2.75) is 32.5 Å². The average Bonchev–Trinajstić information content (AvgIpc) is 2.74. The zero-order valence-corrected chi connectivity index (χ0v) is 17.7. The van der Waals surface area contributed by atoms with Crippen LogP contribution in [0.15, 0.2) is 48.5 Å². The Labute approximate surface area is 184 Å². The Morgan fingerprint density at radius 3 is 2.31 bits per heavy atom. The molecule has 0 atom stereocenters. The molecule has 0 unspecified atom stereocenters. The topological polar surface area (TPSA) is 70.7 Å². The molecule has 1 aliphatic heterocycles. The standard InChI is InChI=1S/C23H26F3N3O3/c1-2-12-29-13-10-16(11-14-29)21(30)17-4-3-5-19(15-17)28-22(31)27-18-6-8-20(9-7-18)32-23(24,25)26/h3-9,15-16H,2,10-14H2,1H3,(H2,27,28,31). The number of hydrogen-bond acceptors (Lipinski definition) is 4. The molecule has 172 valence electrons. The van der Waals surface area contributed by atoms with Gasteiger partial charge in [0, 0.05) is 22.9 Å². The van der Waals surface area contributed by atoms with Crippen molar-refractivity contribution < 1.29 is 27.5 Å². The van der Waals surface area contributed by atoms with Gasteiger partial charge >= 0.3 is 12.4 Å². The number of carbonyl (C=O) groups is 2. The van der Waals surface area contributed by atoms with Crippen LogP contribution in [-0.4, -0.2) is 42.7 Å². The molecule has 0 bridgehead atoms. The lowest BCUT2D eigenvalue weighted by atomic mass is 9.88. The van der Waals surface area contributed by atoms with Crippen LogP contribution in [0, 0.1) is 5.92 Å². The number of piperidine rings is 1. The van der Waals surface area contributed by atoms with Crippen molar-refractivity contribution in [1.82, 2.24) is 4.90 Å². The number of nitrogens with zero attached hydrogens (tertiary/aromatic N) is 1. The van der Waals surface area contributed by atoms with E-state index in [1.807, 2.05) is 0 Å². The first kappa shape index (κ1) is 23.6. The number of amides is 2. The van der Waals surface area contributed by atoms with Crippen molar-refractivity contribution in [3.05, 3.63) is 54.1 Å². The normalized spacial score (nSPS) is 15.2. The van der Waals surface area contributed by atoms with Gasteiger partial charge in [0.15, 0.2) is 5.78 Å². The van der Waals surface area contributed by atoms with Crippen LogP contribution in [0.2, 0.25) is 0 Å². The number of ether oxygens (including phenoxy) is 1. The summed E-state index contributed by atoms with van der Waals surface area (Å²) in [4.78, 5) is 27.5. The van der Waals surface area contributed by atoms with Crippen LogP contribution in [0.25, 0.3) is 0 Å². The molecule has 2 aromatic rings. The van der Waals surface area contributed by atoms with E-state index < -0.39 is 12.4 Å². The first-order chi connectivity index (χ1) is 15.2. The first-order valence-electron chi connectivity index (χ1n) is 10.5. The van der Waals surface area contributed by atoms with E-state index in [9.17, 15) is 22.8 Å². The Morgan fingerprint density at radius 2 is 1.69 bits per heavy atom. The summed E-state index contributed by atoms with van der Waals surface area (Å²) in [7, 11) is 0. The minimum absolute atomic E-state index is 0.0235. The van der Waals surface area contributed by atoms with E-state index in [1.54, 1.807) is 24.3 Å². The lowest BCUT2D eigenvalue weighted by molar-refractivity contribution is -0.274. The van der Waals surface area contributed by atoms with Crippen LogP contribution in [0.4, 0.5) is 29.3 Å². The SMILES string of the molecule is CCCN1CCC(C(=O)c2cccc(NC(=O)Nc3ccc(OC(F)(F)F)cc3)c2)CC1. The van der Waals surface area contributed by atoms with Gasteiger partial charge in [0.2, 0.25) is 0 Å². The number of halogens is 3. The summed E-state index contributed by atoms with van der Waals surface area (Å²) in [5, 5.41) is 5.18. The Morgan fingerprint density at radius 1 is 1.03 bits per heavy atom. The van der Waals surface area contributed by atoms with E-state index in [0.717, 1.165) is 51.0 Å². The third-order valence-electron chi connectivity index (χ3n) is 5.25. The molecular formula is C23H26F3N3O3. The van der Waals surface area contributed by atoms with Crippen molar-refractivity contribution in [3.8, 4) is 5.75 Å². The molecule has 0 radical (unpaired) electrons. The number of likely N-dealkylation sites (tertiary alicyclic amines) is 1. The van der Waals surface area contributed by atoms with Gasteiger partial charge in [0.1, 0.15) is 5.75 Å². The maximum absolute atomic E-state index is 12.9. The molecule has 1 fully saturated rings. The second-order valence-corrected chi connectivity index (χ2v) is 7.71. The third-order valence-corrected chi connectivity index (χ3v) is 5.25. The summed E-state index contributed by atoms with van der Waals surface area (Å²) in [5.74, 6) is -0.328. The van der Waals surface area contributed by atoms with Crippen molar-refractivity contribution in [2.75, 3.05) is 30.3 Å². The number of benzene rings is 2. The molecule has 1 aliphatic rings. The number of carbonyl (C=O) groups excluding carboxylic acids is 2. The fraction of sp³-hybridized carbons (Fsp3) is 0.391. The molecule has 3 rings (SSSR count). The summed E-state index contributed by atoms with van der Waals surface area (Å²) < 4.78 is 40.5. The summed E-state index contributed by atoms with van der Waals surface area (Å²) in [6, 6.07) is 11.0. The zero-order chi connectivity index (χ0) is 23.1. The zero-order valence-electron chi connectivity index (χ0n) is 17.7. The van der Waals surface area contributed by atoms with E-state index in [2.05, 4.69) is 27.2 Å². The fourth-order valence-electron chi connectivity index (χ4n) is 3.75. The highest BCUT2D eigenvalue weighted by atomic mass is 19.4. The molecule has 1 heterocycles. The van der Waals surface area contributed by atoms with E-state index in [0.29, 0.717) is 16.9 Å². The van der Waals surface area contributed by atoms with Gasteiger partial charge in [0.25, 0.3) is 0 Å². The summed E-state index contributed by atoms with van der Waals surface area (Å²) in [5.41, 5.74) is 1.29. The molecule has 2 amide bonds. The van der Waals surface area contributed by atoms with E-state index >= 15 is 0 Å². The molecule has 0 aromatic heterocycles. The largest absolute Gasteiger partial charge is 0.573 e. The van der Waals surface area contributed by atoms with Gasteiger partial charge in [-0.25, -0.2) is 4.79 Å². The molecule has 6 nitrogen and oxygen atoms in total. The number of nitrogens with one attached hydrogen (secondary N) is 2. The molecule has 9 heteroatoms. The first-order valence-corrected chi connectivity index (χ1v) is 10.5. The minimum atomic E-state index is -4.78. The lowest BCUT2D eigenvalue weighted by Crippen LogP contribution is -2.36. The van der Waals surface area contributed by atoms with Gasteiger partial charge in [-0.05, 0) is 75.3 Å². The molecule has 0 spiro atoms. The minimum Gasteiger partial charge on any atom is -0.406 e. The van der Waals surface area contributed by atoms with Crippen LogP contribution in [0.5, 0.6) is 5.75 Å². The highest BCUT2D eigenvalue weighted by molar-refractivity contribution is 6.02. The molecule has 2 aromatic carbocycles. The van der Waals surface area contributed by atoms with Crippen LogP contribution >= 0.6 is 0 Å². The quantitative estimate of drug-likeness (QED) is 0.545. The number of alkyl halides is 3. The van der Waals surface area contributed by atoms with Crippen molar-refractivity contribution in [3.63, 3.8) is 0 Å². The maximum atomic E-state index is 12.9. The smallest absolute Gasteiger partial charge is 0.406 e. The summed E-state index contributed by atoms with van der Waals surface area (Å²) in [6.07, 6.45) is -2.03. The van der Waals surface area contributed by atoms with Crippen LogP contribution in [0.1, 0.15) is 36.5 Å². The molecule has 0 aliphatic carbocycles. The summed E-state index contributed by atoms with van der Waals surface area (Å²) in [6.45, 7) is 5.02. The van der Waals surface area contributed by atoms with E-state index in [1.165, 1.54) is 12.1 Å². The number of hydrogen-bond donors (Lipinski definition) is 2. The highest BCUT2D eigenvalue weighted by Gasteiger charge is 2.31. The second kappa shape index (κ2) is 10.5. The maximum Gasteiger partial charge on any atom is 0.573 e. The van der Waals surface area contributed by atoms with Gasteiger partial charge in [0.05, 0.1) is 0 Å². The molecule has 32 heavy (non-hydrogen) atoms. The molecule has 1 saturated heterocycles. The predicted octanol–water partition coefficient (Wildman–Crippen LogP) is 5.53. The number of ketones is 1. The van der Waals surface area contributed by atoms with Gasteiger partial charge in [-0.15, -0.1) is 13.2 Å². The average molecular weight is 449 g/mol. The van der Waals surface area contributed by atoms with Crippen LogP contribution < -0.4 is 15.4 Å². The number of urea groups is 1. The van der Waals surface area contributed by atoms with Gasteiger partial charge in [-0.1, -0.05) is 19.1 Å². The van der Waals surface area contributed by atoms with Gasteiger partial charge < -0.3 is 20.3 Å². The number of Topliss-reactive ketones (excluding diaryl/α,β-unsaturated/α-hetero) is 1. The van der Waals surface area contributed by atoms with Crippen molar-refractivity contribution >= 4 is 23.2 Å². The second-order valence-electron chi connectivity index (χ2n) is 7.71. The Bertz CT molecular complexity index is 924. The van der Waals surface area contributed by atoms with E-state index in [-0.39, 0.29) is 17.5 Å². The number of rotatable bonds is 7. The van der Waals surface area contributed by atoms with E-state index in [4.69, 9.17) is 0 Å². The molecule has 2 N–H and O–H groups in total. The van der Waals surface area contributed by atoms with Crippen molar-refractivity contribution in [2.24, 2.45) is 5.92 Å². The predicted molar refractivity (Wildman–Crippen MR) is 116 cm³/mol. The molecule has 0 saturated carbocycles. The van der Waals surface area contributed by atoms with Gasteiger partial charge in [-0.3, -0.25) is 4.79 Å². The van der Waals surface area contributed by atoms with Gasteiger partial charge in [-0.2, -0.15) is 0 Å². The van der Waals surface area contributed by atoms with Crippen LogP contribution in [-0.2, 0) is 0 Å². The lowest BCUT2D eigenvalue weighted by Gasteiger charge is -2.31. The van der Waals surface area contributed by atoms with Crippen LogP contribution in [0.3, 0.4) is 0 Å². The third kappa shape index (κ3) is 6.98. The van der Waals surface area contributed by atoms with Crippen molar-refractivity contribution in [1.29, 1.82) is 0 Å².